The maximum absolute atomic E-state index is 15.1. The number of aryl methyl sites for hydroxylation is 1. The Morgan fingerprint density at radius 2 is 2.03 bits per heavy atom. The molecule has 1 saturated carbocycles. The molecular weight excluding hydrogens is 485 g/mol. The van der Waals surface area contributed by atoms with Crippen LogP contribution in [0.4, 0.5) is 19.0 Å². The Kier molecular flexibility index (Phi) is 6.00. The number of nitriles is 1. The third-order valence-corrected chi connectivity index (χ3v) is 7.32. The number of hydrogen-bond donors (Lipinski definition) is 2. The fraction of sp³-hybridized carbons (Fsp3) is 0.462. The molecular formula is C26H27F3N6O2. The second-order valence-corrected chi connectivity index (χ2v) is 10.1. The minimum atomic E-state index is -3.73. The molecule has 0 bridgehead atoms. The number of nitrogens with one attached hydrogen (secondary N) is 1. The molecule has 1 aliphatic carbocycles. The van der Waals surface area contributed by atoms with Gasteiger partial charge in [-0.3, -0.25) is 4.79 Å². The number of alkyl halides is 2. The summed E-state index contributed by atoms with van der Waals surface area (Å²) in [5.41, 5.74) is -1.23. The van der Waals surface area contributed by atoms with E-state index in [1.165, 1.54) is 12.1 Å². The fourth-order valence-corrected chi connectivity index (χ4v) is 5.07. The second kappa shape index (κ2) is 8.82. The van der Waals surface area contributed by atoms with Crippen LogP contribution in [0.5, 0.6) is 0 Å². The van der Waals surface area contributed by atoms with E-state index < -0.39 is 35.4 Å². The lowest BCUT2D eigenvalue weighted by Crippen LogP contribution is -2.49. The molecule has 0 spiro atoms. The highest BCUT2D eigenvalue weighted by Gasteiger charge is 2.49. The smallest absolute Gasteiger partial charge is 0.298 e. The van der Waals surface area contributed by atoms with Crippen molar-refractivity contribution in [1.29, 1.82) is 5.26 Å². The van der Waals surface area contributed by atoms with Gasteiger partial charge in [-0.25, -0.2) is 14.4 Å². The summed E-state index contributed by atoms with van der Waals surface area (Å²) < 4.78 is 45.0. The van der Waals surface area contributed by atoms with Crippen molar-refractivity contribution in [1.82, 2.24) is 19.4 Å². The first-order valence-corrected chi connectivity index (χ1v) is 12.1. The molecule has 0 unspecified atom stereocenters. The van der Waals surface area contributed by atoms with Crippen molar-refractivity contribution in [2.45, 2.75) is 50.1 Å². The molecule has 8 nitrogen and oxygen atoms in total. The average molecular weight is 513 g/mol. The van der Waals surface area contributed by atoms with Crippen LogP contribution in [-0.2, 0) is 11.3 Å². The number of aliphatic hydroxyl groups excluding tert-OH is 1. The van der Waals surface area contributed by atoms with Gasteiger partial charge in [0, 0.05) is 24.3 Å². The number of rotatable bonds is 7. The van der Waals surface area contributed by atoms with Crippen molar-refractivity contribution < 1.29 is 18.3 Å². The van der Waals surface area contributed by atoms with E-state index in [2.05, 4.69) is 26.3 Å². The summed E-state index contributed by atoms with van der Waals surface area (Å²) in [5.74, 6) is -4.30. The topological polar surface area (TPSA) is 107 Å². The number of fused-ring (bicyclic) bond motifs is 1. The van der Waals surface area contributed by atoms with Crippen LogP contribution < -0.4 is 10.9 Å². The highest BCUT2D eigenvalue weighted by atomic mass is 19.3. The molecule has 1 saturated heterocycles. The molecule has 1 atom stereocenters. The van der Waals surface area contributed by atoms with E-state index in [9.17, 15) is 18.8 Å². The molecule has 3 heterocycles. The second-order valence-electron chi connectivity index (χ2n) is 10.1. The number of pyridine rings is 1. The Morgan fingerprint density at radius 3 is 2.62 bits per heavy atom. The number of aliphatic hydroxyl groups is 1. The van der Waals surface area contributed by atoms with E-state index >= 15 is 4.39 Å². The zero-order valence-corrected chi connectivity index (χ0v) is 20.7. The van der Waals surface area contributed by atoms with Crippen LogP contribution in [-0.4, -0.2) is 51.3 Å². The highest BCUT2D eigenvalue weighted by Crippen LogP contribution is 2.49. The third kappa shape index (κ3) is 4.14. The number of anilines is 1. The zero-order valence-electron chi connectivity index (χ0n) is 20.7. The van der Waals surface area contributed by atoms with Gasteiger partial charge in [-0.15, -0.1) is 0 Å². The lowest BCUT2D eigenvalue weighted by atomic mass is 9.98. The summed E-state index contributed by atoms with van der Waals surface area (Å²) in [6.45, 7) is 3.06. The molecule has 194 valence electrons. The van der Waals surface area contributed by atoms with E-state index in [0.29, 0.717) is 42.8 Å². The normalized spacial score (nSPS) is 18.3. The Labute approximate surface area is 211 Å². The number of benzene rings is 1. The highest BCUT2D eigenvalue weighted by molar-refractivity contribution is 5.89. The van der Waals surface area contributed by atoms with Gasteiger partial charge in [0.1, 0.15) is 29.6 Å². The summed E-state index contributed by atoms with van der Waals surface area (Å²) in [6, 6.07) is 6.87. The van der Waals surface area contributed by atoms with Gasteiger partial charge in [0.25, 0.3) is 11.5 Å². The first-order chi connectivity index (χ1) is 17.5. The van der Waals surface area contributed by atoms with Gasteiger partial charge in [-0.1, -0.05) is 12.1 Å². The Bertz CT molecular complexity index is 1490. The van der Waals surface area contributed by atoms with Crippen molar-refractivity contribution in [3.05, 3.63) is 63.1 Å². The first-order valence-electron chi connectivity index (χ1n) is 12.1. The van der Waals surface area contributed by atoms with Crippen LogP contribution >= 0.6 is 0 Å². The van der Waals surface area contributed by atoms with Crippen LogP contribution in [0.15, 0.2) is 29.1 Å². The molecule has 0 radical (unpaired) electrons. The predicted octanol–water partition coefficient (Wildman–Crippen LogP) is 3.54. The summed E-state index contributed by atoms with van der Waals surface area (Å²) in [5, 5.41) is 22.4. The first kappa shape index (κ1) is 25.2. The molecule has 2 aromatic heterocycles. The third-order valence-electron chi connectivity index (χ3n) is 7.32. The van der Waals surface area contributed by atoms with Gasteiger partial charge < -0.3 is 19.9 Å². The monoisotopic (exact) mass is 512 g/mol. The maximum atomic E-state index is 15.1. The number of halogens is 3. The van der Waals surface area contributed by atoms with E-state index in [0.717, 1.165) is 6.07 Å². The molecule has 37 heavy (non-hydrogen) atoms. The van der Waals surface area contributed by atoms with Gasteiger partial charge in [-0.2, -0.15) is 14.0 Å². The zero-order chi connectivity index (χ0) is 26.7. The molecule has 2 fully saturated rings. The summed E-state index contributed by atoms with van der Waals surface area (Å²) in [7, 11) is 1.96. The Hall–Kier alpha value is -3.49. The summed E-state index contributed by atoms with van der Waals surface area (Å²) >= 11 is 0. The molecule has 2 N–H and O–H groups in total. The molecule has 1 aliphatic heterocycles. The van der Waals surface area contributed by atoms with Crippen LogP contribution in [0.25, 0.3) is 10.9 Å². The number of hydrogen-bond acceptors (Lipinski definition) is 7. The molecule has 2 aliphatic rings. The van der Waals surface area contributed by atoms with Gasteiger partial charge in [0.15, 0.2) is 0 Å². The molecule has 3 aromatic rings. The largest absolute Gasteiger partial charge is 0.390 e. The van der Waals surface area contributed by atoms with Crippen LogP contribution in [0, 0.1) is 24.1 Å². The van der Waals surface area contributed by atoms with Crippen LogP contribution in [0.2, 0.25) is 0 Å². The van der Waals surface area contributed by atoms with Crippen molar-refractivity contribution in [3.63, 3.8) is 0 Å². The number of likely N-dealkylation sites (N-methyl/N-ethyl adjacent to an activating group) is 1. The fourth-order valence-electron chi connectivity index (χ4n) is 5.07. The summed E-state index contributed by atoms with van der Waals surface area (Å²) in [6.07, 6.45) is 1.28. The van der Waals surface area contributed by atoms with E-state index in [1.54, 1.807) is 24.5 Å². The lowest BCUT2D eigenvalue weighted by molar-refractivity contribution is -0.0583. The summed E-state index contributed by atoms with van der Waals surface area (Å²) in [4.78, 5) is 24.7. The standard InChI is InChI=1S/C26H27F3N6O2/c1-14(17-5-4-6-19(21(17)27)26(28,29)13-36)31-23-18-9-20(25(12-30)7-8-25)35(16-10-34(3)11-16)24(37)22(18)32-15(2)33-23/h4-6,9,14,16,36H,7-8,10-11,13H2,1-3H3,(H,31,32,33)/t14-/m1/s1. The van der Waals surface area contributed by atoms with Crippen molar-refractivity contribution in [3.8, 4) is 6.07 Å². The average Bonchev–Trinajstić information content (AvgIpc) is 3.64. The van der Waals surface area contributed by atoms with Crippen molar-refractivity contribution in [2.24, 2.45) is 0 Å². The predicted molar refractivity (Wildman–Crippen MR) is 131 cm³/mol. The van der Waals surface area contributed by atoms with E-state index in [1.807, 2.05) is 7.05 Å². The van der Waals surface area contributed by atoms with Gasteiger partial charge in [0.2, 0.25) is 0 Å². The number of aromatic nitrogens is 3. The van der Waals surface area contributed by atoms with E-state index in [-0.39, 0.29) is 28.5 Å². The Balaban J connectivity index is 1.63. The quantitative estimate of drug-likeness (QED) is 0.499. The molecule has 5 rings (SSSR count). The lowest BCUT2D eigenvalue weighted by Gasteiger charge is -2.39. The SMILES string of the molecule is Cc1nc(N[C@H](C)c2cccc(C(F)(F)CO)c2F)c2cc(C3(C#N)CC3)n(C3CN(C)C3)c(=O)c2n1. The van der Waals surface area contributed by atoms with Gasteiger partial charge >= 0.3 is 0 Å². The van der Waals surface area contributed by atoms with Crippen LogP contribution in [0.3, 0.4) is 0 Å². The molecule has 11 heteroatoms. The van der Waals surface area contributed by atoms with Crippen molar-refractivity contribution in [2.75, 3.05) is 32.1 Å². The van der Waals surface area contributed by atoms with Gasteiger partial charge in [0.05, 0.1) is 34.5 Å². The number of likely N-dealkylation sites (tertiary alicyclic amines) is 1. The maximum Gasteiger partial charge on any atom is 0.298 e. The molecule has 1 aromatic carbocycles. The van der Waals surface area contributed by atoms with E-state index in [4.69, 9.17) is 5.11 Å². The molecule has 0 amide bonds. The van der Waals surface area contributed by atoms with Crippen molar-refractivity contribution >= 4 is 16.7 Å². The minimum Gasteiger partial charge on any atom is -0.390 e. The van der Waals surface area contributed by atoms with Gasteiger partial charge in [-0.05, 0) is 45.9 Å². The van der Waals surface area contributed by atoms with Crippen LogP contribution in [0.1, 0.15) is 54.5 Å². The Morgan fingerprint density at radius 1 is 1.32 bits per heavy atom. The minimum absolute atomic E-state index is 0.0446. The number of nitrogens with zero attached hydrogens (tertiary/aromatic N) is 5.